The van der Waals surface area contributed by atoms with Crippen molar-refractivity contribution in [2.45, 2.75) is 24.7 Å². The first-order valence-corrected chi connectivity index (χ1v) is 9.40. The Morgan fingerprint density at radius 2 is 1.96 bits per heavy atom. The van der Waals surface area contributed by atoms with Gasteiger partial charge in [-0.1, -0.05) is 48.6 Å². The zero-order valence-corrected chi connectivity index (χ0v) is 14.5. The van der Waals surface area contributed by atoms with Crippen LogP contribution in [0.25, 0.3) is 0 Å². The van der Waals surface area contributed by atoms with E-state index < -0.39 is 10.0 Å². The number of sulfonamides is 1. The fraction of sp³-hybridized carbons (Fsp3) is 0.368. The summed E-state index contributed by atoms with van der Waals surface area (Å²) in [6, 6.07) is 7.06. The third-order valence-corrected chi connectivity index (χ3v) is 6.27. The van der Waals surface area contributed by atoms with Crippen LogP contribution in [0.15, 0.2) is 66.6 Å². The second-order valence-electron chi connectivity index (χ2n) is 6.03. The molecule has 0 aromatic heterocycles. The highest BCUT2D eigenvalue weighted by Gasteiger charge is 2.33. The Bertz CT molecular complexity index is 674. The summed E-state index contributed by atoms with van der Waals surface area (Å²) < 4.78 is 27.3. The third-order valence-electron chi connectivity index (χ3n) is 4.39. The molecule has 1 aliphatic rings. The molecule has 2 rings (SSSR count). The molecule has 2 atom stereocenters. The molecule has 0 spiro atoms. The van der Waals surface area contributed by atoms with Crippen molar-refractivity contribution in [3.05, 3.63) is 67.3 Å². The molecule has 1 fully saturated rings. The molecule has 3 nitrogen and oxygen atoms in total. The van der Waals surface area contributed by atoms with Gasteiger partial charge in [0, 0.05) is 13.1 Å². The molecule has 0 saturated carbocycles. The predicted octanol–water partition coefficient (Wildman–Crippen LogP) is 3.94. The number of rotatable bonds is 6. The van der Waals surface area contributed by atoms with E-state index in [1.165, 1.54) is 0 Å². The van der Waals surface area contributed by atoms with E-state index in [0.29, 0.717) is 23.9 Å². The Labute approximate surface area is 140 Å². The van der Waals surface area contributed by atoms with Crippen LogP contribution >= 0.6 is 0 Å². The van der Waals surface area contributed by atoms with Crippen molar-refractivity contribution in [1.29, 1.82) is 0 Å². The summed E-state index contributed by atoms with van der Waals surface area (Å²) in [5, 5.41) is 0. The minimum Gasteiger partial charge on any atom is -0.207 e. The molecule has 1 aromatic rings. The van der Waals surface area contributed by atoms with Gasteiger partial charge in [-0.25, -0.2) is 8.42 Å². The third kappa shape index (κ3) is 4.21. The van der Waals surface area contributed by atoms with Crippen molar-refractivity contribution in [3.63, 3.8) is 0 Å². The fourth-order valence-electron chi connectivity index (χ4n) is 3.02. The van der Waals surface area contributed by atoms with Crippen LogP contribution in [0.1, 0.15) is 18.4 Å². The van der Waals surface area contributed by atoms with Crippen LogP contribution in [0, 0.1) is 18.8 Å². The molecule has 1 aromatic carbocycles. The zero-order chi connectivity index (χ0) is 16.9. The number of piperidine rings is 1. The summed E-state index contributed by atoms with van der Waals surface area (Å²) in [6.07, 6.45) is 9.39. The lowest BCUT2D eigenvalue weighted by molar-refractivity contribution is 0.220. The second kappa shape index (κ2) is 7.75. The Balaban J connectivity index is 2.22. The van der Waals surface area contributed by atoms with E-state index in [1.807, 2.05) is 31.2 Å². The number of benzene rings is 1. The van der Waals surface area contributed by atoms with E-state index >= 15 is 0 Å². The van der Waals surface area contributed by atoms with Crippen LogP contribution in [0.2, 0.25) is 0 Å². The molecule has 0 amide bonds. The van der Waals surface area contributed by atoms with Gasteiger partial charge < -0.3 is 0 Å². The van der Waals surface area contributed by atoms with Gasteiger partial charge in [0.15, 0.2) is 0 Å². The van der Waals surface area contributed by atoms with E-state index in [-0.39, 0.29) is 5.92 Å². The van der Waals surface area contributed by atoms with Crippen LogP contribution in [0.4, 0.5) is 0 Å². The average molecular weight is 331 g/mol. The highest BCUT2D eigenvalue weighted by molar-refractivity contribution is 7.89. The molecule has 1 saturated heterocycles. The maximum absolute atomic E-state index is 12.8. The summed E-state index contributed by atoms with van der Waals surface area (Å²) in [5.41, 5.74) is 1.06. The van der Waals surface area contributed by atoms with Gasteiger partial charge in [-0.05, 0) is 43.7 Å². The summed E-state index contributed by atoms with van der Waals surface area (Å²) >= 11 is 0. The summed E-state index contributed by atoms with van der Waals surface area (Å²) in [7, 11) is -3.43. The van der Waals surface area contributed by atoms with Crippen molar-refractivity contribution in [1.82, 2.24) is 4.31 Å². The molecule has 4 heteroatoms. The van der Waals surface area contributed by atoms with Gasteiger partial charge in [-0.3, -0.25) is 0 Å². The molecule has 1 heterocycles. The predicted molar refractivity (Wildman–Crippen MR) is 95.7 cm³/mol. The Hall–Kier alpha value is -1.65. The first kappa shape index (κ1) is 17.7. The van der Waals surface area contributed by atoms with Crippen molar-refractivity contribution in [3.8, 4) is 0 Å². The van der Waals surface area contributed by atoms with Gasteiger partial charge in [0.2, 0.25) is 10.0 Å². The summed E-state index contributed by atoms with van der Waals surface area (Å²) in [4.78, 5) is 0.372. The maximum atomic E-state index is 12.8. The van der Waals surface area contributed by atoms with Crippen LogP contribution in [0.3, 0.4) is 0 Å². The van der Waals surface area contributed by atoms with E-state index in [0.717, 1.165) is 18.4 Å². The minimum atomic E-state index is -3.43. The molecule has 0 aliphatic carbocycles. The van der Waals surface area contributed by atoms with Crippen LogP contribution in [-0.4, -0.2) is 25.8 Å². The molecule has 0 bridgehead atoms. The number of hydrogen-bond acceptors (Lipinski definition) is 2. The highest BCUT2D eigenvalue weighted by atomic mass is 32.2. The van der Waals surface area contributed by atoms with Gasteiger partial charge in [0.1, 0.15) is 0 Å². The van der Waals surface area contributed by atoms with Crippen molar-refractivity contribution in [2.24, 2.45) is 11.8 Å². The molecule has 0 radical (unpaired) electrons. The summed E-state index contributed by atoms with van der Waals surface area (Å²) in [6.45, 7) is 10.5. The normalized spacial score (nSPS) is 23.0. The molecular weight excluding hydrogens is 306 g/mol. The van der Waals surface area contributed by atoms with Crippen LogP contribution in [-0.2, 0) is 10.0 Å². The second-order valence-corrected chi connectivity index (χ2v) is 7.97. The van der Waals surface area contributed by atoms with Crippen LogP contribution in [0.5, 0.6) is 0 Å². The molecule has 124 valence electrons. The molecule has 0 unspecified atom stereocenters. The van der Waals surface area contributed by atoms with Gasteiger partial charge in [0.05, 0.1) is 4.90 Å². The maximum Gasteiger partial charge on any atom is 0.243 e. The van der Waals surface area contributed by atoms with Crippen molar-refractivity contribution >= 4 is 10.0 Å². The first-order chi connectivity index (χ1) is 11.0. The average Bonchev–Trinajstić information content (AvgIpc) is 2.54. The van der Waals surface area contributed by atoms with E-state index in [1.54, 1.807) is 22.5 Å². The molecule has 0 N–H and O–H groups in total. The Morgan fingerprint density at radius 3 is 2.57 bits per heavy atom. The fourth-order valence-corrected chi connectivity index (χ4v) is 4.52. The van der Waals surface area contributed by atoms with Crippen molar-refractivity contribution < 1.29 is 8.42 Å². The van der Waals surface area contributed by atoms with Gasteiger partial charge in [-0.15, -0.1) is 6.58 Å². The Morgan fingerprint density at radius 1 is 1.26 bits per heavy atom. The van der Waals surface area contributed by atoms with E-state index in [4.69, 9.17) is 0 Å². The lowest BCUT2D eigenvalue weighted by atomic mass is 9.84. The largest absolute Gasteiger partial charge is 0.243 e. The number of nitrogens with zero attached hydrogens (tertiary/aromatic N) is 1. The van der Waals surface area contributed by atoms with E-state index in [9.17, 15) is 8.42 Å². The van der Waals surface area contributed by atoms with E-state index in [2.05, 4.69) is 19.2 Å². The lowest BCUT2D eigenvalue weighted by Gasteiger charge is -2.36. The zero-order valence-electron chi connectivity index (χ0n) is 13.7. The minimum absolute atomic E-state index is 0.194. The first-order valence-electron chi connectivity index (χ1n) is 7.96. The number of hydrogen-bond donors (Lipinski definition) is 0. The van der Waals surface area contributed by atoms with Gasteiger partial charge in [-0.2, -0.15) is 4.31 Å². The number of aryl methyl sites for hydroxylation is 1. The smallest absolute Gasteiger partial charge is 0.207 e. The lowest BCUT2D eigenvalue weighted by Crippen LogP contribution is -2.43. The Kier molecular flexibility index (Phi) is 5.97. The van der Waals surface area contributed by atoms with Gasteiger partial charge in [0.25, 0.3) is 0 Å². The summed E-state index contributed by atoms with van der Waals surface area (Å²) in [5.74, 6) is 0.633. The topological polar surface area (TPSA) is 37.4 Å². The SMILES string of the molecule is C=C/C=C/[C@@H]1CN(S(=O)(=O)c2ccc(C)cc2)CC[C@H]1CC=C. The van der Waals surface area contributed by atoms with Gasteiger partial charge >= 0.3 is 0 Å². The molecular formula is C19H25NO2S. The quantitative estimate of drug-likeness (QED) is 0.585. The standard InChI is InChI=1S/C19H25NO2S/c1-4-6-8-18-15-20(14-13-17(18)7-5-2)23(21,22)19-11-9-16(3)10-12-19/h4-6,8-12,17-18H,1-2,7,13-15H2,3H3/b8-6+/t17-,18-/m1/s1. The van der Waals surface area contributed by atoms with Crippen molar-refractivity contribution in [2.75, 3.05) is 13.1 Å². The monoisotopic (exact) mass is 331 g/mol. The van der Waals surface area contributed by atoms with Crippen LogP contribution < -0.4 is 0 Å². The molecule has 23 heavy (non-hydrogen) atoms. The highest BCUT2D eigenvalue weighted by Crippen LogP contribution is 2.31. The number of allylic oxidation sites excluding steroid dienone is 3. The molecule has 1 aliphatic heterocycles.